The minimum atomic E-state index is -0.304. The first-order valence-corrected chi connectivity index (χ1v) is 9.58. The number of aromatic nitrogens is 1. The number of phenols is 1. The molecule has 0 unspecified atom stereocenters. The molecule has 0 aliphatic carbocycles. The van der Waals surface area contributed by atoms with Gasteiger partial charge in [-0.1, -0.05) is 12.1 Å². The van der Waals surface area contributed by atoms with Gasteiger partial charge in [-0.15, -0.1) is 23.7 Å². The van der Waals surface area contributed by atoms with Gasteiger partial charge in [-0.2, -0.15) is 0 Å². The number of aromatic amines is 1. The Morgan fingerprint density at radius 2 is 2.04 bits per heavy atom. The summed E-state index contributed by atoms with van der Waals surface area (Å²) in [6, 6.07) is 8.51. The molecular weight excluding hydrogens is 399 g/mol. The Balaban J connectivity index is 0.00000225. The van der Waals surface area contributed by atoms with Crippen LogP contribution in [0.1, 0.15) is 11.1 Å². The van der Waals surface area contributed by atoms with Crippen LogP contribution in [0.5, 0.6) is 5.75 Å². The number of pyridine rings is 1. The van der Waals surface area contributed by atoms with Crippen LogP contribution in [-0.2, 0) is 6.42 Å². The van der Waals surface area contributed by atoms with E-state index in [0.717, 1.165) is 16.3 Å². The number of thiophene rings is 1. The van der Waals surface area contributed by atoms with Gasteiger partial charge in [0.2, 0.25) is 0 Å². The predicted octanol–water partition coefficient (Wildman–Crippen LogP) is 4.75. The summed E-state index contributed by atoms with van der Waals surface area (Å²) in [6.07, 6.45) is 0.589. The number of rotatable bonds is 4. The SMILES string of the molecule is CNCCc1ccc(-c2c(O)cc(C)c3[nH]c(=O)c4sccc4c23)cc1F.Cl. The van der Waals surface area contributed by atoms with Crippen LogP contribution in [-0.4, -0.2) is 23.7 Å². The number of halogens is 2. The fourth-order valence-corrected chi connectivity index (χ4v) is 4.34. The summed E-state index contributed by atoms with van der Waals surface area (Å²) in [5.41, 5.74) is 3.02. The van der Waals surface area contributed by atoms with Crippen LogP contribution in [0.4, 0.5) is 4.39 Å². The Morgan fingerprint density at radius 1 is 1.25 bits per heavy atom. The van der Waals surface area contributed by atoms with E-state index < -0.39 is 0 Å². The number of hydrogen-bond acceptors (Lipinski definition) is 4. The first kappa shape index (κ1) is 20.3. The van der Waals surface area contributed by atoms with Crippen molar-refractivity contribution < 1.29 is 9.50 Å². The van der Waals surface area contributed by atoms with Gasteiger partial charge in [0.25, 0.3) is 5.56 Å². The molecule has 0 radical (unpaired) electrons. The van der Waals surface area contributed by atoms with Crippen molar-refractivity contribution in [1.82, 2.24) is 10.3 Å². The molecular formula is C21H20ClFN2O2S. The highest BCUT2D eigenvalue weighted by Crippen LogP contribution is 2.41. The lowest BCUT2D eigenvalue weighted by atomic mass is 9.94. The number of hydrogen-bond donors (Lipinski definition) is 3. The highest BCUT2D eigenvalue weighted by Gasteiger charge is 2.18. The summed E-state index contributed by atoms with van der Waals surface area (Å²) in [5.74, 6) is -0.233. The first-order valence-electron chi connectivity index (χ1n) is 8.70. The third-order valence-electron chi connectivity index (χ3n) is 4.87. The van der Waals surface area contributed by atoms with E-state index in [1.807, 2.05) is 31.5 Å². The second-order valence-electron chi connectivity index (χ2n) is 6.61. The van der Waals surface area contributed by atoms with Crippen molar-refractivity contribution in [2.45, 2.75) is 13.3 Å². The zero-order valence-corrected chi connectivity index (χ0v) is 17.1. The number of H-pyrrole nitrogens is 1. The van der Waals surface area contributed by atoms with Crippen LogP contribution in [0.25, 0.3) is 32.1 Å². The van der Waals surface area contributed by atoms with Gasteiger partial charge in [-0.25, -0.2) is 4.39 Å². The van der Waals surface area contributed by atoms with E-state index in [2.05, 4.69) is 10.3 Å². The van der Waals surface area contributed by atoms with Crippen molar-refractivity contribution >= 4 is 44.7 Å². The number of phenolic OH excluding ortho intramolecular Hbond substituents is 1. The Morgan fingerprint density at radius 3 is 2.75 bits per heavy atom. The van der Waals surface area contributed by atoms with Crippen LogP contribution in [0.2, 0.25) is 0 Å². The average Bonchev–Trinajstić information content (AvgIpc) is 3.12. The van der Waals surface area contributed by atoms with Crippen molar-refractivity contribution in [3.05, 3.63) is 63.0 Å². The van der Waals surface area contributed by atoms with Gasteiger partial charge >= 0.3 is 0 Å². The Kier molecular flexibility index (Phi) is 5.74. The molecule has 0 bridgehead atoms. The fourth-order valence-electron chi connectivity index (χ4n) is 3.54. The molecule has 0 atom stereocenters. The molecule has 0 aliphatic rings. The minimum absolute atomic E-state index is 0. The second-order valence-corrected chi connectivity index (χ2v) is 7.53. The third-order valence-corrected chi connectivity index (χ3v) is 5.78. The molecule has 0 saturated heterocycles. The van der Waals surface area contributed by atoms with Crippen molar-refractivity contribution in [2.75, 3.05) is 13.6 Å². The molecule has 2 heterocycles. The highest BCUT2D eigenvalue weighted by atomic mass is 35.5. The van der Waals surface area contributed by atoms with Gasteiger partial charge < -0.3 is 15.4 Å². The van der Waals surface area contributed by atoms with Gasteiger partial charge in [-0.3, -0.25) is 4.79 Å². The zero-order chi connectivity index (χ0) is 19.1. The molecule has 7 heteroatoms. The Bertz CT molecular complexity index is 1230. The maximum atomic E-state index is 14.6. The lowest BCUT2D eigenvalue weighted by Crippen LogP contribution is -2.11. The molecule has 0 aliphatic heterocycles. The minimum Gasteiger partial charge on any atom is -0.507 e. The van der Waals surface area contributed by atoms with E-state index in [0.29, 0.717) is 39.9 Å². The molecule has 0 fully saturated rings. The molecule has 4 rings (SSSR count). The molecule has 4 aromatic rings. The molecule has 0 amide bonds. The number of likely N-dealkylation sites (N-methyl/N-ethyl adjacent to an activating group) is 1. The Hall–Kier alpha value is -2.41. The van der Waals surface area contributed by atoms with Crippen molar-refractivity contribution in [2.24, 2.45) is 0 Å². The van der Waals surface area contributed by atoms with Gasteiger partial charge in [-0.05, 0) is 67.2 Å². The molecule has 3 N–H and O–H groups in total. The average molecular weight is 419 g/mol. The summed E-state index contributed by atoms with van der Waals surface area (Å²) in [6.45, 7) is 2.52. The normalized spacial score (nSPS) is 11.1. The van der Waals surface area contributed by atoms with Crippen LogP contribution in [0.3, 0.4) is 0 Å². The van der Waals surface area contributed by atoms with E-state index >= 15 is 0 Å². The Labute approximate surface area is 171 Å². The van der Waals surface area contributed by atoms with Crippen LogP contribution in [0, 0.1) is 12.7 Å². The molecule has 4 nitrogen and oxygen atoms in total. The number of nitrogens with one attached hydrogen (secondary N) is 2. The van der Waals surface area contributed by atoms with Gasteiger partial charge in [0.1, 0.15) is 16.3 Å². The maximum absolute atomic E-state index is 14.6. The van der Waals surface area contributed by atoms with Crippen LogP contribution < -0.4 is 10.9 Å². The molecule has 146 valence electrons. The molecule has 2 aromatic heterocycles. The van der Waals surface area contributed by atoms with Gasteiger partial charge in [0, 0.05) is 16.3 Å². The third kappa shape index (κ3) is 3.28. The van der Waals surface area contributed by atoms with E-state index in [4.69, 9.17) is 0 Å². The first-order chi connectivity index (χ1) is 13.0. The van der Waals surface area contributed by atoms with Gasteiger partial charge in [0.05, 0.1) is 5.52 Å². The molecule has 2 aromatic carbocycles. The highest BCUT2D eigenvalue weighted by molar-refractivity contribution is 7.17. The lowest BCUT2D eigenvalue weighted by Gasteiger charge is -2.14. The van der Waals surface area contributed by atoms with Crippen molar-refractivity contribution in [3.63, 3.8) is 0 Å². The number of aromatic hydroxyl groups is 1. The fraction of sp³-hybridized carbons (Fsp3) is 0.190. The predicted molar refractivity (Wildman–Crippen MR) is 117 cm³/mol. The maximum Gasteiger partial charge on any atom is 0.266 e. The standard InChI is InChI=1S/C21H19FN2O2S.ClH/c1-11-9-16(25)17(13-4-3-12(5-7-23-2)15(22)10-13)18-14-6-8-27-20(14)21(26)24-19(11)18;/h3-4,6,8-10,23,25H,5,7H2,1-2H3,(H,24,26);1H. The van der Waals surface area contributed by atoms with Gasteiger partial charge in [0.15, 0.2) is 0 Å². The van der Waals surface area contributed by atoms with Crippen molar-refractivity contribution in [3.8, 4) is 16.9 Å². The van der Waals surface area contributed by atoms with Crippen LogP contribution >= 0.6 is 23.7 Å². The summed E-state index contributed by atoms with van der Waals surface area (Å²) < 4.78 is 15.2. The van der Waals surface area contributed by atoms with E-state index in [1.165, 1.54) is 17.4 Å². The van der Waals surface area contributed by atoms with Crippen LogP contribution in [0.15, 0.2) is 40.5 Å². The number of fused-ring (bicyclic) bond motifs is 3. The molecule has 28 heavy (non-hydrogen) atoms. The summed E-state index contributed by atoms with van der Waals surface area (Å²) in [7, 11) is 1.83. The summed E-state index contributed by atoms with van der Waals surface area (Å²) in [4.78, 5) is 15.3. The lowest BCUT2D eigenvalue weighted by molar-refractivity contribution is 0.477. The van der Waals surface area contributed by atoms with E-state index in [1.54, 1.807) is 12.1 Å². The monoisotopic (exact) mass is 418 g/mol. The zero-order valence-electron chi connectivity index (χ0n) is 15.4. The quantitative estimate of drug-likeness (QED) is 0.448. The summed E-state index contributed by atoms with van der Waals surface area (Å²) >= 11 is 1.35. The van der Waals surface area contributed by atoms with E-state index in [-0.39, 0.29) is 29.5 Å². The number of benzene rings is 2. The second kappa shape index (κ2) is 7.91. The topological polar surface area (TPSA) is 65.1 Å². The van der Waals surface area contributed by atoms with Crippen molar-refractivity contribution in [1.29, 1.82) is 0 Å². The summed E-state index contributed by atoms with van der Waals surface area (Å²) in [5, 5.41) is 17.1. The van der Waals surface area contributed by atoms with E-state index in [9.17, 15) is 14.3 Å². The number of aryl methyl sites for hydroxylation is 1. The largest absolute Gasteiger partial charge is 0.507 e. The molecule has 0 saturated carbocycles. The smallest absolute Gasteiger partial charge is 0.266 e. The molecule has 0 spiro atoms.